The van der Waals surface area contributed by atoms with Gasteiger partial charge in [-0.2, -0.15) is 13.1 Å². The van der Waals surface area contributed by atoms with E-state index in [4.69, 9.17) is 0 Å². The minimum atomic E-state index is -3.57. The van der Waals surface area contributed by atoms with Crippen LogP contribution in [0.2, 0.25) is 0 Å². The third-order valence-corrected chi connectivity index (χ3v) is 6.02. The van der Waals surface area contributed by atoms with Gasteiger partial charge < -0.3 is 5.32 Å². The number of hydrogen-bond acceptors (Lipinski definition) is 8. The van der Waals surface area contributed by atoms with Gasteiger partial charge in [-0.15, -0.1) is 0 Å². The summed E-state index contributed by atoms with van der Waals surface area (Å²) in [5.74, 6) is 0.500. The SMILES string of the molecule is O=S(=O)(c1cccc2nsnc12)N1CC(Nc2ncccn2)C1. The fourth-order valence-corrected chi connectivity index (χ4v) is 4.69. The van der Waals surface area contributed by atoms with Crippen LogP contribution in [0.25, 0.3) is 11.0 Å². The molecular formula is C13H12N6O2S2. The minimum absolute atomic E-state index is 0.0000583. The summed E-state index contributed by atoms with van der Waals surface area (Å²) >= 11 is 1.01. The molecule has 118 valence electrons. The maximum Gasteiger partial charge on any atom is 0.245 e. The van der Waals surface area contributed by atoms with Crippen LogP contribution < -0.4 is 5.32 Å². The normalized spacial score (nSPS) is 16.3. The first-order chi connectivity index (χ1) is 11.1. The van der Waals surface area contributed by atoms with Gasteiger partial charge in [0, 0.05) is 25.5 Å². The first kappa shape index (κ1) is 14.4. The van der Waals surface area contributed by atoms with Crippen LogP contribution in [0, 0.1) is 0 Å². The lowest BCUT2D eigenvalue weighted by molar-refractivity contribution is 0.280. The Morgan fingerprint density at radius 3 is 2.70 bits per heavy atom. The Bertz CT molecular complexity index is 937. The van der Waals surface area contributed by atoms with Crippen molar-refractivity contribution < 1.29 is 8.42 Å². The predicted molar refractivity (Wildman–Crippen MR) is 85.6 cm³/mol. The molecule has 0 atom stereocenters. The molecule has 10 heteroatoms. The Kier molecular flexibility index (Phi) is 3.43. The molecule has 1 saturated heterocycles. The molecule has 1 fully saturated rings. The summed E-state index contributed by atoms with van der Waals surface area (Å²) in [6.07, 6.45) is 3.27. The summed E-state index contributed by atoms with van der Waals surface area (Å²) in [4.78, 5) is 8.35. The number of benzene rings is 1. The van der Waals surface area contributed by atoms with E-state index in [1.165, 1.54) is 4.31 Å². The number of rotatable bonds is 4. The molecule has 8 nitrogen and oxygen atoms in total. The molecule has 0 saturated carbocycles. The second-order valence-electron chi connectivity index (χ2n) is 5.12. The largest absolute Gasteiger partial charge is 0.349 e. The van der Waals surface area contributed by atoms with Crippen LogP contribution in [-0.2, 0) is 10.0 Å². The number of sulfonamides is 1. The van der Waals surface area contributed by atoms with Crippen LogP contribution in [0.4, 0.5) is 5.95 Å². The molecule has 3 aromatic rings. The zero-order valence-corrected chi connectivity index (χ0v) is 13.5. The molecule has 0 aliphatic carbocycles. The third kappa shape index (κ3) is 2.54. The van der Waals surface area contributed by atoms with E-state index in [0.29, 0.717) is 30.1 Å². The van der Waals surface area contributed by atoms with Crippen LogP contribution in [0.5, 0.6) is 0 Å². The Morgan fingerprint density at radius 1 is 1.13 bits per heavy atom. The molecule has 4 rings (SSSR count). The van der Waals surface area contributed by atoms with E-state index in [-0.39, 0.29) is 10.9 Å². The molecular weight excluding hydrogens is 336 g/mol. The molecule has 1 aromatic carbocycles. The van der Waals surface area contributed by atoms with Gasteiger partial charge in [0.2, 0.25) is 16.0 Å². The summed E-state index contributed by atoms with van der Waals surface area (Å²) < 4.78 is 35.1. The molecule has 1 aliphatic rings. The van der Waals surface area contributed by atoms with Crippen LogP contribution in [0.15, 0.2) is 41.6 Å². The van der Waals surface area contributed by atoms with E-state index >= 15 is 0 Å². The Hall–Kier alpha value is -2.17. The van der Waals surface area contributed by atoms with Gasteiger partial charge in [-0.05, 0) is 18.2 Å². The maximum absolute atomic E-state index is 12.7. The summed E-state index contributed by atoms with van der Waals surface area (Å²) in [7, 11) is -3.57. The highest BCUT2D eigenvalue weighted by Crippen LogP contribution is 2.27. The van der Waals surface area contributed by atoms with E-state index in [1.54, 1.807) is 36.7 Å². The van der Waals surface area contributed by atoms with Crippen molar-refractivity contribution in [3.05, 3.63) is 36.7 Å². The van der Waals surface area contributed by atoms with Gasteiger partial charge >= 0.3 is 0 Å². The van der Waals surface area contributed by atoms with Crippen molar-refractivity contribution in [2.24, 2.45) is 0 Å². The van der Waals surface area contributed by atoms with Gasteiger partial charge in [0.15, 0.2) is 0 Å². The highest BCUT2D eigenvalue weighted by molar-refractivity contribution is 7.89. The fraction of sp³-hybridized carbons (Fsp3) is 0.231. The van der Waals surface area contributed by atoms with Crippen molar-refractivity contribution in [1.82, 2.24) is 23.0 Å². The maximum atomic E-state index is 12.7. The second kappa shape index (κ2) is 5.48. The first-order valence-corrected chi connectivity index (χ1v) is 9.06. The molecule has 3 heterocycles. The van der Waals surface area contributed by atoms with Crippen molar-refractivity contribution in [2.45, 2.75) is 10.9 Å². The van der Waals surface area contributed by atoms with E-state index in [2.05, 4.69) is 24.0 Å². The number of aromatic nitrogens is 4. The summed E-state index contributed by atoms with van der Waals surface area (Å²) in [6.45, 7) is 0.739. The molecule has 0 radical (unpaired) electrons. The molecule has 1 aliphatic heterocycles. The number of fused-ring (bicyclic) bond motifs is 1. The van der Waals surface area contributed by atoms with E-state index in [1.807, 2.05) is 0 Å². The lowest BCUT2D eigenvalue weighted by atomic mass is 10.2. The predicted octanol–water partition coefficient (Wildman–Crippen LogP) is 0.966. The fourth-order valence-electron chi connectivity index (χ4n) is 2.41. The second-order valence-corrected chi connectivity index (χ2v) is 7.56. The zero-order valence-electron chi connectivity index (χ0n) is 11.8. The Morgan fingerprint density at radius 2 is 1.91 bits per heavy atom. The number of nitrogens with one attached hydrogen (secondary N) is 1. The van der Waals surface area contributed by atoms with Gasteiger partial charge in [-0.1, -0.05) is 6.07 Å². The summed E-state index contributed by atoms with van der Waals surface area (Å²) in [5, 5.41) is 3.11. The third-order valence-electron chi connectivity index (χ3n) is 3.61. The molecule has 1 N–H and O–H groups in total. The molecule has 23 heavy (non-hydrogen) atoms. The topological polar surface area (TPSA) is 101 Å². The van der Waals surface area contributed by atoms with Crippen molar-refractivity contribution >= 4 is 38.7 Å². The molecule has 0 amide bonds. The zero-order chi connectivity index (χ0) is 15.9. The van der Waals surface area contributed by atoms with Crippen LogP contribution in [-0.4, -0.2) is 50.6 Å². The molecule has 0 bridgehead atoms. The van der Waals surface area contributed by atoms with Gasteiger partial charge in [0.05, 0.1) is 17.8 Å². The van der Waals surface area contributed by atoms with Crippen LogP contribution in [0.3, 0.4) is 0 Å². The number of hydrogen-bond donors (Lipinski definition) is 1. The highest BCUT2D eigenvalue weighted by atomic mass is 32.2. The summed E-state index contributed by atoms with van der Waals surface area (Å²) in [5.41, 5.74) is 1.03. The van der Waals surface area contributed by atoms with Crippen LogP contribution in [0.1, 0.15) is 0 Å². The van der Waals surface area contributed by atoms with Crippen molar-refractivity contribution in [2.75, 3.05) is 18.4 Å². The molecule has 2 aromatic heterocycles. The van der Waals surface area contributed by atoms with E-state index in [0.717, 1.165) is 11.7 Å². The monoisotopic (exact) mass is 348 g/mol. The molecule has 0 unspecified atom stereocenters. The lowest BCUT2D eigenvalue weighted by Crippen LogP contribution is -2.56. The van der Waals surface area contributed by atoms with E-state index < -0.39 is 10.0 Å². The van der Waals surface area contributed by atoms with Gasteiger partial charge in [-0.25, -0.2) is 18.4 Å². The molecule has 0 spiro atoms. The smallest absolute Gasteiger partial charge is 0.245 e. The van der Waals surface area contributed by atoms with Gasteiger partial charge in [0.25, 0.3) is 0 Å². The minimum Gasteiger partial charge on any atom is -0.349 e. The Labute approximate surface area is 136 Å². The lowest BCUT2D eigenvalue weighted by Gasteiger charge is -2.38. The van der Waals surface area contributed by atoms with Crippen molar-refractivity contribution in [3.63, 3.8) is 0 Å². The van der Waals surface area contributed by atoms with Crippen molar-refractivity contribution in [1.29, 1.82) is 0 Å². The first-order valence-electron chi connectivity index (χ1n) is 6.89. The number of nitrogens with zero attached hydrogens (tertiary/aromatic N) is 5. The van der Waals surface area contributed by atoms with Crippen molar-refractivity contribution in [3.8, 4) is 0 Å². The quantitative estimate of drug-likeness (QED) is 0.749. The average molecular weight is 348 g/mol. The van der Waals surface area contributed by atoms with E-state index in [9.17, 15) is 8.42 Å². The summed E-state index contributed by atoms with van der Waals surface area (Å²) in [6, 6.07) is 6.74. The van der Waals surface area contributed by atoms with Gasteiger partial charge in [-0.3, -0.25) is 0 Å². The number of anilines is 1. The van der Waals surface area contributed by atoms with Gasteiger partial charge in [0.1, 0.15) is 15.9 Å². The highest BCUT2D eigenvalue weighted by Gasteiger charge is 2.38. The van der Waals surface area contributed by atoms with Crippen LogP contribution >= 0.6 is 11.7 Å². The standard InChI is InChI=1S/C13H12N6O2S2/c20-23(21,11-4-1-3-10-12(11)18-22-17-10)19-7-9(8-19)16-13-14-5-2-6-15-13/h1-6,9H,7-8H2,(H,14,15,16). The Balaban J connectivity index is 1.52. The average Bonchev–Trinajstić information content (AvgIpc) is 2.99.